The lowest BCUT2D eigenvalue weighted by Crippen LogP contribution is -2.46. The molecule has 2 aromatic carbocycles. The van der Waals surface area contributed by atoms with Crippen LogP contribution < -0.4 is 4.90 Å². The summed E-state index contributed by atoms with van der Waals surface area (Å²) in [6.07, 6.45) is 0. The number of nitrogens with zero attached hydrogens (tertiary/aromatic N) is 3. The number of piperazine rings is 1. The van der Waals surface area contributed by atoms with Crippen LogP contribution in [0.3, 0.4) is 0 Å². The van der Waals surface area contributed by atoms with Gasteiger partial charge in [-0.25, -0.2) is 0 Å². The third-order valence-corrected chi connectivity index (χ3v) is 4.86. The van der Waals surface area contributed by atoms with Gasteiger partial charge in [-0.3, -0.25) is 4.90 Å². The average molecular weight is 372 g/mol. The van der Waals surface area contributed by atoms with Crippen LogP contribution in [0.1, 0.15) is 5.69 Å². The zero-order valence-electron chi connectivity index (χ0n) is 12.8. The molecule has 0 amide bonds. The molecule has 118 valence electrons. The first kappa shape index (κ1) is 14.7. The van der Waals surface area contributed by atoms with Gasteiger partial charge in [-0.15, -0.1) is 0 Å². The fraction of sp³-hybridized carbons (Fsp3) is 0.278. The van der Waals surface area contributed by atoms with Gasteiger partial charge in [-0.1, -0.05) is 39.3 Å². The van der Waals surface area contributed by atoms with Crippen molar-refractivity contribution in [1.29, 1.82) is 0 Å². The summed E-state index contributed by atoms with van der Waals surface area (Å²) >= 11 is 3.55. The summed E-state index contributed by atoms with van der Waals surface area (Å²) in [5.74, 6) is 0. The molecular formula is C18H18BrN3O. The van der Waals surface area contributed by atoms with Crippen molar-refractivity contribution >= 4 is 32.6 Å². The van der Waals surface area contributed by atoms with E-state index in [1.165, 1.54) is 5.69 Å². The van der Waals surface area contributed by atoms with E-state index < -0.39 is 0 Å². The number of benzene rings is 2. The summed E-state index contributed by atoms with van der Waals surface area (Å²) in [6, 6.07) is 16.6. The molecule has 1 fully saturated rings. The summed E-state index contributed by atoms with van der Waals surface area (Å²) in [5, 5.41) is 5.37. The molecule has 1 aliphatic heterocycles. The van der Waals surface area contributed by atoms with Crippen LogP contribution in [0.15, 0.2) is 57.5 Å². The highest BCUT2D eigenvalue weighted by molar-refractivity contribution is 9.10. The first-order valence-corrected chi connectivity index (χ1v) is 8.65. The van der Waals surface area contributed by atoms with Crippen LogP contribution in [0.2, 0.25) is 0 Å². The van der Waals surface area contributed by atoms with E-state index >= 15 is 0 Å². The molecule has 0 saturated carbocycles. The van der Waals surface area contributed by atoms with Crippen LogP contribution in [0.25, 0.3) is 11.0 Å². The fourth-order valence-electron chi connectivity index (χ4n) is 3.10. The van der Waals surface area contributed by atoms with Gasteiger partial charge in [-0.2, -0.15) is 0 Å². The van der Waals surface area contributed by atoms with Crippen LogP contribution in [0.5, 0.6) is 0 Å². The second kappa shape index (κ2) is 6.34. The second-order valence-electron chi connectivity index (χ2n) is 5.87. The van der Waals surface area contributed by atoms with Gasteiger partial charge in [0.05, 0.1) is 0 Å². The molecule has 0 radical (unpaired) electrons. The third kappa shape index (κ3) is 3.12. The van der Waals surface area contributed by atoms with Gasteiger partial charge in [0.25, 0.3) is 0 Å². The van der Waals surface area contributed by atoms with Crippen molar-refractivity contribution in [1.82, 2.24) is 10.1 Å². The Bertz CT molecular complexity index is 809. The van der Waals surface area contributed by atoms with Crippen molar-refractivity contribution in [3.05, 3.63) is 58.7 Å². The van der Waals surface area contributed by atoms with Crippen LogP contribution >= 0.6 is 15.9 Å². The Morgan fingerprint density at radius 1 is 1.00 bits per heavy atom. The molecule has 23 heavy (non-hydrogen) atoms. The van der Waals surface area contributed by atoms with Crippen molar-refractivity contribution < 1.29 is 4.52 Å². The summed E-state index contributed by atoms with van der Waals surface area (Å²) in [4.78, 5) is 4.88. The van der Waals surface area contributed by atoms with E-state index in [0.717, 1.165) is 53.9 Å². The van der Waals surface area contributed by atoms with Crippen molar-refractivity contribution in [3.63, 3.8) is 0 Å². The van der Waals surface area contributed by atoms with E-state index in [9.17, 15) is 0 Å². The number of halogens is 1. The zero-order valence-corrected chi connectivity index (χ0v) is 14.4. The summed E-state index contributed by atoms with van der Waals surface area (Å²) in [7, 11) is 0. The lowest BCUT2D eigenvalue weighted by Gasteiger charge is -2.35. The molecule has 1 aromatic heterocycles. The van der Waals surface area contributed by atoms with Gasteiger partial charge in [0, 0.05) is 48.3 Å². The number of anilines is 1. The highest BCUT2D eigenvalue weighted by Gasteiger charge is 2.19. The minimum Gasteiger partial charge on any atom is -0.369 e. The number of rotatable bonds is 3. The van der Waals surface area contributed by atoms with E-state index in [2.05, 4.69) is 61.2 Å². The van der Waals surface area contributed by atoms with Gasteiger partial charge in [0.1, 0.15) is 5.69 Å². The average Bonchev–Trinajstić information content (AvgIpc) is 2.99. The minimum atomic E-state index is 0.851. The molecule has 2 heterocycles. The number of aromatic nitrogens is 1. The van der Waals surface area contributed by atoms with E-state index in [0.29, 0.717) is 0 Å². The van der Waals surface area contributed by atoms with Gasteiger partial charge in [0.2, 0.25) is 0 Å². The van der Waals surface area contributed by atoms with E-state index in [-0.39, 0.29) is 0 Å². The first-order chi connectivity index (χ1) is 11.3. The molecule has 1 aliphatic rings. The second-order valence-corrected chi connectivity index (χ2v) is 6.78. The quantitative estimate of drug-likeness (QED) is 0.698. The molecule has 0 N–H and O–H groups in total. The lowest BCUT2D eigenvalue weighted by molar-refractivity contribution is 0.243. The van der Waals surface area contributed by atoms with E-state index in [1.807, 2.05) is 18.2 Å². The molecule has 0 spiro atoms. The molecular weight excluding hydrogens is 354 g/mol. The van der Waals surface area contributed by atoms with Gasteiger partial charge < -0.3 is 9.42 Å². The Kier molecular flexibility index (Phi) is 4.06. The summed E-state index contributed by atoms with van der Waals surface area (Å²) in [5.41, 5.74) is 3.19. The highest BCUT2D eigenvalue weighted by atomic mass is 79.9. The van der Waals surface area contributed by atoms with Crippen LogP contribution in [0, 0.1) is 0 Å². The fourth-order valence-corrected chi connectivity index (χ4v) is 3.49. The molecule has 0 bridgehead atoms. The van der Waals surface area contributed by atoms with Gasteiger partial charge >= 0.3 is 0 Å². The van der Waals surface area contributed by atoms with Crippen LogP contribution in [0.4, 0.5) is 5.69 Å². The minimum absolute atomic E-state index is 0.851. The number of para-hydroxylation sites is 1. The maximum absolute atomic E-state index is 5.40. The standard InChI is InChI=1S/C18H18BrN3O/c19-14-4-3-5-15(12-14)22-10-8-21(9-11-22)13-17-16-6-1-2-7-18(16)23-20-17/h1-7,12H,8-11,13H2. The molecule has 0 aliphatic carbocycles. The van der Waals surface area contributed by atoms with Crippen LogP contribution in [-0.4, -0.2) is 36.2 Å². The molecule has 0 atom stereocenters. The molecule has 3 aromatic rings. The molecule has 0 unspecified atom stereocenters. The molecule has 5 heteroatoms. The number of hydrogen-bond acceptors (Lipinski definition) is 4. The van der Waals surface area contributed by atoms with Crippen molar-refractivity contribution in [2.45, 2.75) is 6.54 Å². The van der Waals surface area contributed by atoms with Crippen molar-refractivity contribution in [3.8, 4) is 0 Å². The Labute approximate surface area is 143 Å². The SMILES string of the molecule is Brc1cccc(N2CCN(Cc3noc4ccccc34)CC2)c1. The highest BCUT2D eigenvalue weighted by Crippen LogP contribution is 2.23. The Hall–Kier alpha value is -1.85. The van der Waals surface area contributed by atoms with E-state index in [1.54, 1.807) is 0 Å². The topological polar surface area (TPSA) is 32.5 Å². The van der Waals surface area contributed by atoms with Crippen LogP contribution in [-0.2, 0) is 6.54 Å². The smallest absolute Gasteiger partial charge is 0.167 e. The first-order valence-electron chi connectivity index (χ1n) is 7.86. The van der Waals surface area contributed by atoms with Gasteiger partial charge in [-0.05, 0) is 30.3 Å². The third-order valence-electron chi connectivity index (χ3n) is 4.37. The lowest BCUT2D eigenvalue weighted by atomic mass is 10.2. The monoisotopic (exact) mass is 371 g/mol. The normalized spacial score (nSPS) is 16.1. The summed E-state index contributed by atoms with van der Waals surface area (Å²) < 4.78 is 6.53. The Morgan fingerprint density at radius 3 is 2.65 bits per heavy atom. The molecule has 4 nitrogen and oxygen atoms in total. The number of hydrogen-bond donors (Lipinski definition) is 0. The maximum Gasteiger partial charge on any atom is 0.167 e. The van der Waals surface area contributed by atoms with Gasteiger partial charge in [0.15, 0.2) is 5.58 Å². The molecule has 4 rings (SSSR count). The Balaban J connectivity index is 1.42. The predicted octanol–water partition coefficient (Wildman–Crippen LogP) is 3.91. The largest absolute Gasteiger partial charge is 0.369 e. The molecule has 1 saturated heterocycles. The van der Waals surface area contributed by atoms with E-state index in [4.69, 9.17) is 4.52 Å². The Morgan fingerprint density at radius 2 is 1.83 bits per heavy atom. The number of fused-ring (bicyclic) bond motifs is 1. The summed E-state index contributed by atoms with van der Waals surface area (Å²) in [6.45, 7) is 4.99. The zero-order chi connectivity index (χ0) is 15.6. The predicted molar refractivity (Wildman–Crippen MR) is 95.6 cm³/mol. The van der Waals surface area contributed by atoms with Crippen molar-refractivity contribution in [2.75, 3.05) is 31.1 Å². The van der Waals surface area contributed by atoms with Crippen molar-refractivity contribution in [2.24, 2.45) is 0 Å². The maximum atomic E-state index is 5.40.